The Balaban J connectivity index is 2.53. The maximum absolute atomic E-state index is 12.4. The van der Waals surface area contributed by atoms with Crippen LogP contribution in [0.3, 0.4) is 0 Å². The molecule has 0 aliphatic carbocycles. The first-order valence-corrected chi connectivity index (χ1v) is 7.45. The maximum Gasteiger partial charge on any atom is 0.360 e. The van der Waals surface area contributed by atoms with Crippen molar-refractivity contribution in [2.24, 2.45) is 5.73 Å². The van der Waals surface area contributed by atoms with Crippen LogP contribution in [-0.4, -0.2) is 27.8 Å². The third-order valence-corrected chi connectivity index (χ3v) is 3.47. The number of aromatic nitrogens is 2. The number of carbonyl (C=O) groups excluding carboxylic acids is 2. The molecule has 0 aliphatic heterocycles. The van der Waals surface area contributed by atoms with Crippen molar-refractivity contribution >= 4 is 22.6 Å². The van der Waals surface area contributed by atoms with Crippen LogP contribution in [-0.2, 0) is 16.1 Å². The van der Waals surface area contributed by atoms with Crippen LogP contribution in [0.5, 0.6) is 0 Å². The molecule has 7 heteroatoms. The first-order valence-electron chi connectivity index (χ1n) is 7.45. The minimum absolute atomic E-state index is 0.00408. The number of fused-ring (bicyclic) bond motifs is 1. The first-order chi connectivity index (χ1) is 11.0. The Hall–Kier alpha value is -2.70. The van der Waals surface area contributed by atoms with Gasteiger partial charge in [0.1, 0.15) is 0 Å². The van der Waals surface area contributed by atoms with Crippen molar-refractivity contribution in [1.82, 2.24) is 9.78 Å². The van der Waals surface area contributed by atoms with Crippen molar-refractivity contribution in [2.45, 2.75) is 39.3 Å². The van der Waals surface area contributed by atoms with Gasteiger partial charge in [-0.15, -0.1) is 0 Å². The smallest absolute Gasteiger partial charge is 0.360 e. The molecule has 0 saturated heterocycles. The van der Waals surface area contributed by atoms with Crippen LogP contribution in [0.4, 0.5) is 0 Å². The second-order valence-corrected chi connectivity index (χ2v) is 5.23. The molecule has 122 valence electrons. The molecule has 1 amide bonds. The van der Waals surface area contributed by atoms with Crippen LogP contribution in [0.1, 0.15) is 37.2 Å². The molecule has 1 aromatic carbocycles. The average molecular weight is 317 g/mol. The topological polar surface area (TPSA) is 104 Å². The van der Waals surface area contributed by atoms with Crippen molar-refractivity contribution < 1.29 is 14.3 Å². The average Bonchev–Trinajstić information content (AvgIpc) is 2.54. The molecule has 2 N–H and O–H groups in total. The van der Waals surface area contributed by atoms with Crippen LogP contribution < -0.4 is 11.3 Å². The van der Waals surface area contributed by atoms with Gasteiger partial charge in [0.05, 0.1) is 5.39 Å². The van der Waals surface area contributed by atoms with Gasteiger partial charge < -0.3 is 10.5 Å². The summed E-state index contributed by atoms with van der Waals surface area (Å²) in [6.07, 6.45) is 0.579. The fraction of sp³-hybridized carbons (Fsp3) is 0.375. The number of nitrogens with two attached hydrogens (primary N) is 1. The van der Waals surface area contributed by atoms with Gasteiger partial charge in [-0.05, 0) is 19.4 Å². The minimum atomic E-state index is -1.07. The number of carbonyl (C=O) groups is 2. The molecule has 0 aliphatic rings. The quantitative estimate of drug-likeness (QED) is 0.807. The van der Waals surface area contributed by atoms with E-state index in [9.17, 15) is 14.4 Å². The van der Waals surface area contributed by atoms with E-state index in [-0.39, 0.29) is 11.3 Å². The molecule has 2 rings (SSSR count). The Morgan fingerprint density at radius 2 is 1.96 bits per heavy atom. The summed E-state index contributed by atoms with van der Waals surface area (Å²) in [6.45, 7) is 3.79. The van der Waals surface area contributed by atoms with Crippen LogP contribution in [0.2, 0.25) is 0 Å². The molecule has 0 radical (unpaired) electrons. The summed E-state index contributed by atoms with van der Waals surface area (Å²) in [5.74, 6) is -1.53. The number of primary amides is 1. The Kier molecular flexibility index (Phi) is 5.10. The lowest BCUT2D eigenvalue weighted by atomic mass is 10.1. The van der Waals surface area contributed by atoms with E-state index < -0.39 is 18.0 Å². The SMILES string of the molecule is CCCCn1nc(C(=O)O[C@H](C)C(N)=O)c2ccccc2c1=O. The summed E-state index contributed by atoms with van der Waals surface area (Å²) < 4.78 is 6.28. The molecule has 0 bridgehead atoms. The number of unbranched alkanes of at least 4 members (excludes halogenated alkanes) is 1. The van der Waals surface area contributed by atoms with Crippen LogP contribution in [0.25, 0.3) is 10.8 Å². The molecular formula is C16H19N3O4. The zero-order valence-corrected chi connectivity index (χ0v) is 13.1. The molecule has 1 atom stereocenters. The van der Waals surface area contributed by atoms with E-state index in [0.717, 1.165) is 12.8 Å². The van der Waals surface area contributed by atoms with Gasteiger partial charge in [0, 0.05) is 11.9 Å². The first kappa shape index (κ1) is 16.7. The van der Waals surface area contributed by atoms with Crippen LogP contribution >= 0.6 is 0 Å². The van der Waals surface area contributed by atoms with Gasteiger partial charge in [-0.3, -0.25) is 9.59 Å². The summed E-state index contributed by atoms with van der Waals surface area (Å²) >= 11 is 0. The van der Waals surface area contributed by atoms with Crippen LogP contribution in [0.15, 0.2) is 29.1 Å². The molecule has 0 unspecified atom stereocenters. The lowest BCUT2D eigenvalue weighted by Gasteiger charge is -2.12. The van der Waals surface area contributed by atoms with Gasteiger partial charge in [0.15, 0.2) is 11.8 Å². The number of ether oxygens (including phenoxy) is 1. The number of hydrogen-bond acceptors (Lipinski definition) is 5. The van der Waals surface area contributed by atoms with E-state index in [4.69, 9.17) is 10.5 Å². The molecule has 0 spiro atoms. The summed E-state index contributed by atoms with van der Waals surface area (Å²) in [6, 6.07) is 6.68. The summed E-state index contributed by atoms with van der Waals surface area (Å²) in [5, 5.41) is 4.91. The highest BCUT2D eigenvalue weighted by molar-refractivity contribution is 6.02. The van der Waals surface area contributed by atoms with E-state index in [1.165, 1.54) is 11.6 Å². The normalized spacial score (nSPS) is 12.1. The zero-order chi connectivity index (χ0) is 17.0. The van der Waals surface area contributed by atoms with E-state index in [2.05, 4.69) is 5.10 Å². The molecular weight excluding hydrogens is 298 g/mol. The second-order valence-electron chi connectivity index (χ2n) is 5.23. The monoisotopic (exact) mass is 317 g/mol. The number of nitrogens with zero attached hydrogens (tertiary/aromatic N) is 2. The largest absolute Gasteiger partial charge is 0.448 e. The number of benzene rings is 1. The Bertz CT molecular complexity index is 798. The van der Waals surface area contributed by atoms with E-state index in [1.807, 2.05) is 6.92 Å². The highest BCUT2D eigenvalue weighted by Gasteiger charge is 2.21. The van der Waals surface area contributed by atoms with Crippen molar-refractivity contribution in [1.29, 1.82) is 0 Å². The molecule has 2 aromatic rings. The highest BCUT2D eigenvalue weighted by atomic mass is 16.5. The molecule has 0 fully saturated rings. The van der Waals surface area contributed by atoms with Crippen molar-refractivity contribution in [2.75, 3.05) is 0 Å². The standard InChI is InChI=1S/C16H19N3O4/c1-3-4-9-19-15(21)12-8-6-5-7-11(12)13(18-19)16(22)23-10(2)14(17)20/h5-8,10H,3-4,9H2,1-2H3,(H2,17,20)/t10-/m1/s1. The number of amides is 1. The van der Waals surface area contributed by atoms with Gasteiger partial charge in [0.2, 0.25) is 0 Å². The molecule has 1 heterocycles. The maximum atomic E-state index is 12.4. The van der Waals surface area contributed by atoms with Gasteiger partial charge in [0.25, 0.3) is 11.5 Å². The van der Waals surface area contributed by atoms with E-state index >= 15 is 0 Å². The molecule has 1 aromatic heterocycles. The lowest BCUT2D eigenvalue weighted by molar-refractivity contribution is -0.125. The third kappa shape index (κ3) is 3.56. The van der Waals surface area contributed by atoms with Crippen molar-refractivity contribution in [3.8, 4) is 0 Å². The highest BCUT2D eigenvalue weighted by Crippen LogP contribution is 2.15. The van der Waals surface area contributed by atoms with Gasteiger partial charge in [-0.25, -0.2) is 9.48 Å². The summed E-state index contributed by atoms with van der Waals surface area (Å²) in [7, 11) is 0. The molecule has 7 nitrogen and oxygen atoms in total. The second kappa shape index (κ2) is 7.04. The van der Waals surface area contributed by atoms with E-state index in [0.29, 0.717) is 17.3 Å². The zero-order valence-electron chi connectivity index (χ0n) is 13.1. The van der Waals surface area contributed by atoms with Crippen molar-refractivity contribution in [3.63, 3.8) is 0 Å². The fourth-order valence-electron chi connectivity index (χ4n) is 2.12. The molecule has 23 heavy (non-hydrogen) atoms. The Morgan fingerprint density at radius 3 is 2.57 bits per heavy atom. The minimum Gasteiger partial charge on any atom is -0.448 e. The fourth-order valence-corrected chi connectivity index (χ4v) is 2.12. The van der Waals surface area contributed by atoms with Crippen LogP contribution in [0, 0.1) is 0 Å². The van der Waals surface area contributed by atoms with Gasteiger partial charge >= 0.3 is 5.97 Å². The number of aryl methyl sites for hydroxylation is 1. The van der Waals surface area contributed by atoms with Gasteiger partial charge in [-0.1, -0.05) is 31.5 Å². The molecule has 0 saturated carbocycles. The predicted molar refractivity (Wildman–Crippen MR) is 85.0 cm³/mol. The van der Waals surface area contributed by atoms with E-state index in [1.54, 1.807) is 24.3 Å². The Labute approximate surface area is 133 Å². The number of hydrogen-bond donors (Lipinski definition) is 1. The number of esters is 1. The van der Waals surface area contributed by atoms with Gasteiger partial charge in [-0.2, -0.15) is 5.10 Å². The predicted octanol–water partition coefficient (Wildman–Crippen LogP) is 1.23. The van der Waals surface area contributed by atoms with Crippen molar-refractivity contribution in [3.05, 3.63) is 40.3 Å². The Morgan fingerprint density at radius 1 is 1.30 bits per heavy atom. The summed E-state index contributed by atoms with van der Waals surface area (Å²) in [4.78, 5) is 35.8. The lowest BCUT2D eigenvalue weighted by Crippen LogP contribution is -2.32. The summed E-state index contributed by atoms with van der Waals surface area (Å²) in [5.41, 5.74) is 4.85. The number of rotatable bonds is 6. The third-order valence-electron chi connectivity index (χ3n) is 3.47.